The van der Waals surface area contributed by atoms with Crippen molar-refractivity contribution in [1.82, 2.24) is 9.97 Å². The van der Waals surface area contributed by atoms with E-state index in [0.717, 1.165) is 34.2 Å². The molecule has 2 aromatic carbocycles. The van der Waals surface area contributed by atoms with Gasteiger partial charge in [0.15, 0.2) is 0 Å². The predicted octanol–water partition coefficient (Wildman–Crippen LogP) is 5.67. The van der Waals surface area contributed by atoms with Crippen molar-refractivity contribution in [3.05, 3.63) is 97.1 Å². The first-order valence-corrected chi connectivity index (χ1v) is 8.20. The summed E-state index contributed by atoms with van der Waals surface area (Å²) >= 11 is 0. The summed E-state index contributed by atoms with van der Waals surface area (Å²) in [6, 6.07) is 32.2. The molecule has 0 aliphatic rings. The van der Waals surface area contributed by atoms with Crippen molar-refractivity contribution >= 4 is 25.1 Å². The van der Waals surface area contributed by atoms with E-state index >= 15 is 0 Å². The van der Waals surface area contributed by atoms with Gasteiger partial charge >= 0.3 is 0 Å². The summed E-state index contributed by atoms with van der Waals surface area (Å²) in [6.45, 7) is 0. The Kier molecular flexibility index (Phi) is 5.66. The molecule has 0 atom stereocenters. The van der Waals surface area contributed by atoms with Crippen LogP contribution in [-0.2, 0) is 0 Å². The molecule has 0 saturated carbocycles. The fourth-order valence-electron chi connectivity index (χ4n) is 2.68. The van der Waals surface area contributed by atoms with Crippen LogP contribution in [0.2, 0.25) is 0 Å². The van der Waals surface area contributed by atoms with Crippen LogP contribution in [0.1, 0.15) is 0 Å². The monoisotopic (exact) mass is 357 g/mol. The van der Waals surface area contributed by atoms with Crippen LogP contribution in [0, 0.1) is 0 Å². The second-order valence-electron chi connectivity index (χ2n) is 5.67. The molecule has 0 bridgehead atoms. The first-order chi connectivity index (χ1) is 12.4. The lowest BCUT2D eigenvalue weighted by Gasteiger charge is -2.09. The summed E-state index contributed by atoms with van der Waals surface area (Å²) in [5, 5.41) is 3.30. The highest BCUT2D eigenvalue weighted by atomic mass is 32.1. The van der Waals surface area contributed by atoms with Gasteiger partial charge in [0.1, 0.15) is 11.6 Å². The Bertz CT molecular complexity index is 892. The zero-order valence-electron chi connectivity index (χ0n) is 14.1. The normalized spacial score (nSPS) is 10.0. The maximum Gasteiger partial charge on any atom is 0.132 e. The molecule has 0 saturated heterocycles. The van der Waals surface area contributed by atoms with Gasteiger partial charge < -0.3 is 5.32 Å². The molecule has 4 heteroatoms. The first-order valence-electron chi connectivity index (χ1n) is 8.20. The zero-order chi connectivity index (χ0) is 16.9. The second kappa shape index (κ2) is 8.32. The molecule has 128 valence electrons. The van der Waals surface area contributed by atoms with E-state index in [-0.39, 0.29) is 13.5 Å². The highest BCUT2D eigenvalue weighted by Crippen LogP contribution is 2.22. The van der Waals surface area contributed by atoms with Gasteiger partial charge in [0, 0.05) is 11.1 Å². The molecule has 4 rings (SSSR count). The number of anilines is 2. The third kappa shape index (κ3) is 4.10. The van der Waals surface area contributed by atoms with Gasteiger partial charge in [0.2, 0.25) is 0 Å². The summed E-state index contributed by atoms with van der Waals surface area (Å²) in [5.74, 6) is 1.55. The van der Waals surface area contributed by atoms with Crippen LogP contribution < -0.4 is 5.32 Å². The fraction of sp³-hybridized carbons (Fsp3) is 0. The Morgan fingerprint density at radius 1 is 0.462 bits per heavy atom. The minimum atomic E-state index is 0. The lowest BCUT2D eigenvalue weighted by Crippen LogP contribution is -1.97. The number of aromatic nitrogens is 2. The van der Waals surface area contributed by atoms with Gasteiger partial charge in [-0.2, -0.15) is 13.5 Å². The van der Waals surface area contributed by atoms with E-state index in [2.05, 4.69) is 39.6 Å². The molecule has 0 radical (unpaired) electrons. The van der Waals surface area contributed by atoms with Crippen molar-refractivity contribution in [3.63, 3.8) is 0 Å². The molecular weight excluding hydrogens is 338 g/mol. The number of nitrogens with one attached hydrogen (secondary N) is 1. The van der Waals surface area contributed by atoms with E-state index < -0.39 is 0 Å². The molecular formula is C22H19N3S. The quantitative estimate of drug-likeness (QED) is 0.511. The van der Waals surface area contributed by atoms with Crippen molar-refractivity contribution in [2.75, 3.05) is 5.32 Å². The standard InChI is InChI=1S/C22H17N3.H2S/c1-3-9-17(10-4-1)19-13-7-15-21(23-19)25-22-16-8-14-20(24-22)18-11-5-2-6-12-18;/h1-16H,(H,23,24,25);1H2. The summed E-state index contributed by atoms with van der Waals surface area (Å²) in [5.41, 5.74) is 4.06. The van der Waals surface area contributed by atoms with Crippen LogP contribution in [0.3, 0.4) is 0 Å². The molecule has 3 nitrogen and oxygen atoms in total. The lowest BCUT2D eigenvalue weighted by molar-refractivity contribution is 1.25. The van der Waals surface area contributed by atoms with Gasteiger partial charge in [0.25, 0.3) is 0 Å². The topological polar surface area (TPSA) is 37.8 Å². The minimum Gasteiger partial charge on any atom is -0.325 e. The predicted molar refractivity (Wildman–Crippen MR) is 113 cm³/mol. The van der Waals surface area contributed by atoms with Crippen molar-refractivity contribution in [2.24, 2.45) is 0 Å². The summed E-state index contributed by atoms with van der Waals surface area (Å²) < 4.78 is 0. The first kappa shape index (κ1) is 17.7. The van der Waals surface area contributed by atoms with E-state index in [1.807, 2.05) is 72.8 Å². The van der Waals surface area contributed by atoms with Gasteiger partial charge in [-0.3, -0.25) is 0 Å². The number of rotatable bonds is 4. The lowest BCUT2D eigenvalue weighted by atomic mass is 10.1. The highest BCUT2D eigenvalue weighted by molar-refractivity contribution is 7.59. The summed E-state index contributed by atoms with van der Waals surface area (Å²) in [7, 11) is 0. The Morgan fingerprint density at radius 3 is 1.31 bits per heavy atom. The number of benzene rings is 2. The molecule has 0 aliphatic heterocycles. The van der Waals surface area contributed by atoms with E-state index in [9.17, 15) is 0 Å². The van der Waals surface area contributed by atoms with Crippen LogP contribution in [0.4, 0.5) is 11.6 Å². The Morgan fingerprint density at radius 2 is 0.885 bits per heavy atom. The number of pyridine rings is 2. The van der Waals surface area contributed by atoms with E-state index in [1.54, 1.807) is 0 Å². The number of nitrogens with zero attached hydrogens (tertiary/aromatic N) is 2. The maximum atomic E-state index is 4.69. The van der Waals surface area contributed by atoms with Crippen molar-refractivity contribution in [3.8, 4) is 22.5 Å². The average Bonchev–Trinajstić information content (AvgIpc) is 2.70. The van der Waals surface area contributed by atoms with Crippen LogP contribution >= 0.6 is 13.5 Å². The van der Waals surface area contributed by atoms with Crippen LogP contribution in [0.5, 0.6) is 0 Å². The third-order valence-electron chi connectivity index (χ3n) is 3.89. The molecule has 2 heterocycles. The van der Waals surface area contributed by atoms with Crippen LogP contribution in [0.25, 0.3) is 22.5 Å². The van der Waals surface area contributed by atoms with Crippen molar-refractivity contribution in [1.29, 1.82) is 0 Å². The number of hydrogen-bond acceptors (Lipinski definition) is 3. The van der Waals surface area contributed by atoms with Gasteiger partial charge in [-0.05, 0) is 24.3 Å². The largest absolute Gasteiger partial charge is 0.325 e. The van der Waals surface area contributed by atoms with Gasteiger partial charge in [-0.15, -0.1) is 0 Å². The Hall–Kier alpha value is -3.11. The number of hydrogen-bond donors (Lipinski definition) is 1. The van der Waals surface area contributed by atoms with E-state index in [1.165, 1.54) is 0 Å². The molecule has 0 amide bonds. The Labute approximate surface area is 160 Å². The highest BCUT2D eigenvalue weighted by Gasteiger charge is 2.04. The Balaban J connectivity index is 0.00000196. The molecule has 4 aromatic rings. The molecule has 26 heavy (non-hydrogen) atoms. The summed E-state index contributed by atoms with van der Waals surface area (Å²) in [6.07, 6.45) is 0. The van der Waals surface area contributed by atoms with Gasteiger partial charge in [-0.1, -0.05) is 72.8 Å². The van der Waals surface area contributed by atoms with Crippen molar-refractivity contribution in [2.45, 2.75) is 0 Å². The SMILES string of the molecule is S.c1ccc(-c2cccc(Nc3cccc(-c4ccccc4)n3)n2)cc1. The maximum absolute atomic E-state index is 4.69. The zero-order valence-corrected chi connectivity index (χ0v) is 15.1. The molecule has 0 fully saturated rings. The molecule has 1 N–H and O–H groups in total. The molecule has 0 unspecified atom stereocenters. The van der Waals surface area contributed by atoms with Gasteiger partial charge in [0.05, 0.1) is 11.4 Å². The minimum absolute atomic E-state index is 0. The molecule has 0 aliphatic carbocycles. The van der Waals surface area contributed by atoms with E-state index in [4.69, 9.17) is 0 Å². The summed E-state index contributed by atoms with van der Waals surface area (Å²) in [4.78, 5) is 9.38. The fourth-order valence-corrected chi connectivity index (χ4v) is 2.68. The van der Waals surface area contributed by atoms with Crippen molar-refractivity contribution < 1.29 is 0 Å². The molecule has 0 spiro atoms. The van der Waals surface area contributed by atoms with Crippen LogP contribution in [-0.4, -0.2) is 9.97 Å². The molecule has 2 aromatic heterocycles. The third-order valence-corrected chi connectivity index (χ3v) is 3.89. The van der Waals surface area contributed by atoms with Crippen LogP contribution in [0.15, 0.2) is 97.1 Å². The van der Waals surface area contributed by atoms with Gasteiger partial charge in [-0.25, -0.2) is 9.97 Å². The van der Waals surface area contributed by atoms with E-state index in [0.29, 0.717) is 0 Å². The second-order valence-corrected chi connectivity index (χ2v) is 5.67. The smallest absolute Gasteiger partial charge is 0.132 e. The average molecular weight is 357 g/mol.